The number of thiazole rings is 1. The molecule has 0 saturated carbocycles. The van der Waals surface area contributed by atoms with Crippen molar-refractivity contribution >= 4 is 32.6 Å². The highest BCUT2D eigenvalue weighted by Crippen LogP contribution is 2.31. The van der Waals surface area contributed by atoms with Gasteiger partial charge in [-0.3, -0.25) is 9.69 Å². The molecule has 0 aliphatic heterocycles. The van der Waals surface area contributed by atoms with Gasteiger partial charge in [0.05, 0.1) is 23.7 Å². The summed E-state index contributed by atoms with van der Waals surface area (Å²) in [4.78, 5) is 21.7. The molecular formula is C21H25N3O2S. The van der Waals surface area contributed by atoms with Crippen LogP contribution in [0.4, 0.5) is 5.13 Å². The summed E-state index contributed by atoms with van der Waals surface area (Å²) in [6.07, 6.45) is 0.369. The second-order valence-corrected chi connectivity index (χ2v) is 7.85. The Morgan fingerprint density at radius 1 is 1.15 bits per heavy atom. The van der Waals surface area contributed by atoms with Crippen LogP contribution in [0.3, 0.4) is 0 Å². The van der Waals surface area contributed by atoms with Crippen LogP contribution in [0.1, 0.15) is 11.1 Å². The van der Waals surface area contributed by atoms with Crippen LogP contribution in [-0.4, -0.2) is 50.1 Å². The highest BCUT2D eigenvalue weighted by atomic mass is 32.1. The molecule has 0 radical (unpaired) electrons. The van der Waals surface area contributed by atoms with Gasteiger partial charge in [0.1, 0.15) is 5.75 Å². The number of methoxy groups -OCH3 is 1. The molecule has 3 aromatic rings. The number of hydrogen-bond acceptors (Lipinski definition) is 5. The molecule has 1 amide bonds. The van der Waals surface area contributed by atoms with Crippen molar-refractivity contribution in [3.8, 4) is 5.75 Å². The van der Waals surface area contributed by atoms with Crippen molar-refractivity contribution in [2.45, 2.75) is 13.3 Å². The Bertz CT molecular complexity index is 936. The lowest BCUT2D eigenvalue weighted by molar-refractivity contribution is -0.118. The number of nitrogens with zero attached hydrogens (tertiary/aromatic N) is 3. The van der Waals surface area contributed by atoms with E-state index < -0.39 is 0 Å². The van der Waals surface area contributed by atoms with Crippen molar-refractivity contribution < 1.29 is 9.53 Å². The quantitative estimate of drug-likeness (QED) is 0.623. The van der Waals surface area contributed by atoms with Crippen LogP contribution >= 0.6 is 11.3 Å². The van der Waals surface area contributed by atoms with Crippen molar-refractivity contribution in [1.82, 2.24) is 9.88 Å². The summed E-state index contributed by atoms with van der Waals surface area (Å²) in [5.41, 5.74) is 3.07. The van der Waals surface area contributed by atoms with Crippen molar-refractivity contribution in [2.75, 3.05) is 39.2 Å². The highest BCUT2D eigenvalue weighted by molar-refractivity contribution is 7.22. The van der Waals surface area contributed by atoms with Crippen molar-refractivity contribution in [3.05, 3.63) is 53.6 Å². The van der Waals surface area contributed by atoms with Gasteiger partial charge in [0.25, 0.3) is 0 Å². The Labute approximate surface area is 164 Å². The van der Waals surface area contributed by atoms with Crippen LogP contribution in [0, 0.1) is 6.92 Å². The number of rotatable bonds is 7. The second kappa shape index (κ2) is 8.50. The average molecular weight is 384 g/mol. The van der Waals surface area contributed by atoms with E-state index in [0.717, 1.165) is 38.8 Å². The fourth-order valence-electron chi connectivity index (χ4n) is 2.85. The molecular weight excluding hydrogens is 358 g/mol. The first-order valence-corrected chi connectivity index (χ1v) is 9.73. The maximum Gasteiger partial charge on any atom is 0.233 e. The van der Waals surface area contributed by atoms with Gasteiger partial charge in [-0.05, 0) is 44.8 Å². The van der Waals surface area contributed by atoms with Crippen LogP contribution in [0.15, 0.2) is 42.5 Å². The van der Waals surface area contributed by atoms with Gasteiger partial charge in [-0.25, -0.2) is 4.98 Å². The molecule has 0 spiro atoms. The van der Waals surface area contributed by atoms with Gasteiger partial charge < -0.3 is 9.64 Å². The Morgan fingerprint density at radius 2 is 1.96 bits per heavy atom. The third-order valence-corrected chi connectivity index (χ3v) is 5.37. The van der Waals surface area contributed by atoms with Crippen LogP contribution < -0.4 is 9.64 Å². The molecule has 5 nitrogen and oxygen atoms in total. The summed E-state index contributed by atoms with van der Waals surface area (Å²) in [6.45, 7) is 3.42. The number of carbonyl (C=O) groups excluding carboxylic acids is 1. The molecule has 27 heavy (non-hydrogen) atoms. The van der Waals surface area contributed by atoms with Crippen molar-refractivity contribution in [3.63, 3.8) is 0 Å². The summed E-state index contributed by atoms with van der Waals surface area (Å²) in [5, 5.41) is 0.734. The van der Waals surface area contributed by atoms with E-state index in [4.69, 9.17) is 9.72 Å². The van der Waals surface area contributed by atoms with Crippen LogP contribution in [-0.2, 0) is 11.2 Å². The van der Waals surface area contributed by atoms with Gasteiger partial charge in [0.15, 0.2) is 5.13 Å². The molecule has 142 valence electrons. The highest BCUT2D eigenvalue weighted by Gasteiger charge is 2.20. The number of carbonyl (C=O) groups is 1. The minimum absolute atomic E-state index is 0.0634. The molecule has 6 heteroatoms. The molecule has 0 aliphatic carbocycles. The van der Waals surface area contributed by atoms with Crippen LogP contribution in [0.2, 0.25) is 0 Å². The number of aryl methyl sites for hydroxylation is 1. The molecule has 2 aromatic carbocycles. The third-order valence-electron chi connectivity index (χ3n) is 4.32. The largest absolute Gasteiger partial charge is 0.497 e. The summed E-state index contributed by atoms with van der Waals surface area (Å²) >= 11 is 1.52. The Hall–Kier alpha value is -2.44. The summed E-state index contributed by atoms with van der Waals surface area (Å²) in [7, 11) is 5.66. The Kier molecular flexibility index (Phi) is 6.08. The minimum atomic E-state index is 0.0634. The summed E-state index contributed by atoms with van der Waals surface area (Å²) in [5.74, 6) is 0.858. The van der Waals surface area contributed by atoms with Gasteiger partial charge in [-0.2, -0.15) is 0 Å². The number of benzene rings is 2. The maximum atomic E-state index is 13.1. The fourth-order valence-corrected chi connectivity index (χ4v) is 3.89. The first-order chi connectivity index (χ1) is 13.0. The smallest absolute Gasteiger partial charge is 0.233 e. The van der Waals surface area contributed by atoms with E-state index in [2.05, 4.69) is 11.0 Å². The van der Waals surface area contributed by atoms with E-state index >= 15 is 0 Å². The molecule has 0 aliphatic rings. The first kappa shape index (κ1) is 19.3. The molecule has 1 aromatic heterocycles. The number of amides is 1. The summed E-state index contributed by atoms with van der Waals surface area (Å²) in [6, 6.07) is 13.9. The predicted molar refractivity (Wildman–Crippen MR) is 112 cm³/mol. The monoisotopic (exact) mass is 383 g/mol. The van der Waals surface area contributed by atoms with Gasteiger partial charge >= 0.3 is 0 Å². The second-order valence-electron chi connectivity index (χ2n) is 6.84. The zero-order valence-corrected chi connectivity index (χ0v) is 17.0. The van der Waals surface area contributed by atoms with E-state index in [-0.39, 0.29) is 5.91 Å². The van der Waals surface area contributed by atoms with Gasteiger partial charge in [0.2, 0.25) is 5.91 Å². The van der Waals surface area contributed by atoms with Crippen molar-refractivity contribution in [1.29, 1.82) is 0 Å². The molecule has 3 rings (SSSR count). The minimum Gasteiger partial charge on any atom is -0.497 e. The Morgan fingerprint density at radius 3 is 2.67 bits per heavy atom. The first-order valence-electron chi connectivity index (χ1n) is 8.91. The van der Waals surface area contributed by atoms with E-state index in [0.29, 0.717) is 13.0 Å². The number of anilines is 1. The zero-order valence-electron chi connectivity index (χ0n) is 16.2. The Balaban J connectivity index is 1.89. The molecule has 0 saturated heterocycles. The standard InChI is InChI=1S/C21H25N3O2S/c1-15-6-5-7-16(12-15)13-20(25)24(11-10-23(2)3)21-22-18-9-8-17(26-4)14-19(18)27-21/h5-9,12,14H,10-11,13H2,1-4H3. The maximum absolute atomic E-state index is 13.1. The van der Waals surface area contributed by atoms with Gasteiger partial charge in [-0.15, -0.1) is 0 Å². The van der Waals surface area contributed by atoms with Crippen LogP contribution in [0.25, 0.3) is 10.2 Å². The number of fused-ring (bicyclic) bond motifs is 1. The SMILES string of the molecule is COc1ccc2nc(N(CCN(C)C)C(=O)Cc3cccc(C)c3)sc2c1. The fraction of sp³-hybridized carbons (Fsp3) is 0.333. The average Bonchev–Trinajstić information content (AvgIpc) is 3.04. The summed E-state index contributed by atoms with van der Waals surface area (Å²) < 4.78 is 6.32. The van der Waals surface area contributed by atoms with E-state index in [1.807, 2.05) is 57.4 Å². The molecule has 1 heterocycles. The lowest BCUT2D eigenvalue weighted by atomic mass is 10.1. The van der Waals surface area contributed by atoms with Crippen LogP contribution in [0.5, 0.6) is 5.75 Å². The molecule has 0 N–H and O–H groups in total. The normalized spacial score (nSPS) is 11.1. The van der Waals surface area contributed by atoms with E-state index in [1.54, 1.807) is 12.0 Å². The number of ether oxygens (including phenoxy) is 1. The molecule has 0 atom stereocenters. The van der Waals surface area contributed by atoms with Crippen molar-refractivity contribution in [2.24, 2.45) is 0 Å². The molecule has 0 unspecified atom stereocenters. The molecule has 0 fully saturated rings. The van der Waals surface area contributed by atoms with Gasteiger partial charge in [-0.1, -0.05) is 41.2 Å². The predicted octanol–water partition coefficient (Wildman–Crippen LogP) is 3.75. The molecule has 0 bridgehead atoms. The number of likely N-dealkylation sites (N-methyl/N-ethyl adjacent to an activating group) is 1. The number of aromatic nitrogens is 1. The van der Waals surface area contributed by atoms with E-state index in [1.165, 1.54) is 11.3 Å². The van der Waals surface area contributed by atoms with E-state index in [9.17, 15) is 4.79 Å². The topological polar surface area (TPSA) is 45.7 Å². The lowest BCUT2D eigenvalue weighted by Crippen LogP contribution is -2.37. The zero-order chi connectivity index (χ0) is 19.4. The lowest BCUT2D eigenvalue weighted by Gasteiger charge is -2.22. The third kappa shape index (κ3) is 4.84. The van der Waals surface area contributed by atoms with Gasteiger partial charge in [0, 0.05) is 13.1 Å². The number of hydrogen-bond donors (Lipinski definition) is 0.